The normalized spacial score (nSPS) is 16.4. The van der Waals surface area contributed by atoms with Crippen LogP contribution in [0, 0.1) is 5.92 Å². The lowest BCUT2D eigenvalue weighted by molar-refractivity contribution is -0.126. The van der Waals surface area contributed by atoms with Crippen molar-refractivity contribution in [1.29, 1.82) is 0 Å². The van der Waals surface area contributed by atoms with Crippen LogP contribution in [-0.2, 0) is 9.53 Å². The van der Waals surface area contributed by atoms with E-state index in [1.54, 1.807) is 29.2 Å². The van der Waals surface area contributed by atoms with E-state index in [0.29, 0.717) is 18.0 Å². The number of para-hydroxylation sites is 1. The second-order valence-corrected chi connectivity index (χ2v) is 6.38. The third-order valence-corrected chi connectivity index (χ3v) is 4.16. The van der Waals surface area contributed by atoms with Crippen LogP contribution in [0.5, 0.6) is 0 Å². The van der Waals surface area contributed by atoms with Crippen LogP contribution in [0.25, 0.3) is 0 Å². The van der Waals surface area contributed by atoms with Crippen LogP contribution < -0.4 is 4.90 Å². The Kier molecular flexibility index (Phi) is 4.65. The molecule has 1 atom stereocenters. The van der Waals surface area contributed by atoms with Crippen LogP contribution in [0.4, 0.5) is 5.69 Å². The zero-order valence-corrected chi connectivity index (χ0v) is 13.9. The smallest absolute Gasteiger partial charge is 0.339 e. The molecule has 3 rings (SSSR count). The summed E-state index contributed by atoms with van der Waals surface area (Å²) in [6.45, 7) is 4.88. The Bertz CT molecular complexity index is 740. The van der Waals surface area contributed by atoms with Gasteiger partial charge in [0.05, 0.1) is 11.3 Å². The molecule has 0 bridgehead atoms. The number of fused-ring (bicyclic) bond motifs is 1. The molecular weight excluding hydrogens is 302 g/mol. The van der Waals surface area contributed by atoms with Crippen molar-refractivity contribution >= 4 is 17.6 Å². The van der Waals surface area contributed by atoms with Gasteiger partial charge in [0.25, 0.3) is 5.91 Å². The first kappa shape index (κ1) is 16.2. The molecule has 4 nitrogen and oxygen atoms in total. The first-order valence-electron chi connectivity index (χ1n) is 8.24. The molecule has 0 saturated heterocycles. The Morgan fingerprint density at radius 1 is 1.08 bits per heavy atom. The first-order valence-corrected chi connectivity index (χ1v) is 8.24. The standard InChI is InChI=1S/C20H21NO3/c1-14(2)12-13-21-17-11-7-6-10-16(17)18(19(21)22)24-20(23)15-8-4-3-5-9-15/h3-11,14,18H,12-13H2,1-2H3. The van der Waals surface area contributed by atoms with E-state index in [0.717, 1.165) is 17.7 Å². The molecule has 24 heavy (non-hydrogen) atoms. The van der Waals surface area contributed by atoms with Crippen molar-refractivity contribution in [3.8, 4) is 0 Å². The van der Waals surface area contributed by atoms with Gasteiger partial charge in [-0.15, -0.1) is 0 Å². The Morgan fingerprint density at radius 2 is 1.75 bits per heavy atom. The fourth-order valence-electron chi connectivity index (χ4n) is 2.83. The second-order valence-electron chi connectivity index (χ2n) is 6.38. The number of hydrogen-bond donors (Lipinski definition) is 0. The number of rotatable bonds is 5. The minimum absolute atomic E-state index is 0.166. The summed E-state index contributed by atoms with van der Waals surface area (Å²) in [5.41, 5.74) is 2.05. The van der Waals surface area contributed by atoms with Gasteiger partial charge >= 0.3 is 5.97 Å². The van der Waals surface area contributed by atoms with Crippen molar-refractivity contribution < 1.29 is 14.3 Å². The van der Waals surface area contributed by atoms with Crippen LogP contribution >= 0.6 is 0 Å². The summed E-state index contributed by atoms with van der Waals surface area (Å²) in [6.07, 6.45) is 0.0421. The Labute approximate surface area is 142 Å². The largest absolute Gasteiger partial charge is 0.444 e. The summed E-state index contributed by atoms with van der Waals surface area (Å²) in [4.78, 5) is 26.9. The molecule has 4 heteroatoms. The molecule has 0 saturated carbocycles. The number of hydrogen-bond acceptors (Lipinski definition) is 3. The van der Waals surface area contributed by atoms with Crippen LogP contribution in [0.2, 0.25) is 0 Å². The van der Waals surface area contributed by atoms with E-state index in [1.165, 1.54) is 0 Å². The van der Waals surface area contributed by atoms with Crippen molar-refractivity contribution in [1.82, 2.24) is 0 Å². The van der Waals surface area contributed by atoms with Gasteiger partial charge < -0.3 is 9.64 Å². The number of esters is 1. The van der Waals surface area contributed by atoms with Crippen LogP contribution in [-0.4, -0.2) is 18.4 Å². The Hall–Kier alpha value is -2.62. The van der Waals surface area contributed by atoms with Gasteiger partial charge in [0.15, 0.2) is 0 Å². The van der Waals surface area contributed by atoms with Crippen LogP contribution in [0.1, 0.15) is 42.3 Å². The molecule has 0 aliphatic carbocycles. The van der Waals surface area contributed by atoms with E-state index in [2.05, 4.69) is 13.8 Å². The summed E-state index contributed by atoms with van der Waals surface area (Å²) < 4.78 is 5.54. The fourth-order valence-corrected chi connectivity index (χ4v) is 2.83. The molecule has 0 spiro atoms. The molecular formula is C20H21NO3. The zero-order chi connectivity index (χ0) is 17.1. The topological polar surface area (TPSA) is 46.6 Å². The Morgan fingerprint density at radius 3 is 2.46 bits per heavy atom. The molecule has 0 radical (unpaired) electrons. The molecule has 1 unspecified atom stereocenters. The molecule has 1 amide bonds. The fraction of sp³-hybridized carbons (Fsp3) is 0.300. The third kappa shape index (κ3) is 3.18. The highest BCUT2D eigenvalue weighted by molar-refractivity contribution is 6.05. The van der Waals surface area contributed by atoms with Gasteiger partial charge in [-0.3, -0.25) is 4.79 Å². The van der Waals surface area contributed by atoms with Gasteiger partial charge in [0.2, 0.25) is 6.10 Å². The van der Waals surface area contributed by atoms with E-state index >= 15 is 0 Å². The van der Waals surface area contributed by atoms with E-state index in [1.807, 2.05) is 30.3 Å². The van der Waals surface area contributed by atoms with E-state index in [-0.39, 0.29) is 5.91 Å². The maximum atomic E-state index is 12.8. The molecule has 1 aliphatic heterocycles. The highest BCUT2D eigenvalue weighted by Crippen LogP contribution is 2.38. The van der Waals surface area contributed by atoms with Crippen molar-refractivity contribution in [2.75, 3.05) is 11.4 Å². The number of anilines is 1. The number of ether oxygens (including phenoxy) is 1. The summed E-state index contributed by atoms with van der Waals surface area (Å²) in [5, 5.41) is 0. The summed E-state index contributed by atoms with van der Waals surface area (Å²) in [7, 11) is 0. The number of carbonyl (C=O) groups is 2. The molecule has 124 valence electrons. The number of carbonyl (C=O) groups excluding carboxylic acids is 2. The highest BCUT2D eigenvalue weighted by Gasteiger charge is 2.39. The predicted molar refractivity (Wildman–Crippen MR) is 92.8 cm³/mol. The van der Waals surface area contributed by atoms with Gasteiger partial charge in [-0.2, -0.15) is 0 Å². The quantitative estimate of drug-likeness (QED) is 0.782. The maximum Gasteiger partial charge on any atom is 0.339 e. The van der Waals surface area contributed by atoms with E-state index < -0.39 is 12.1 Å². The van der Waals surface area contributed by atoms with E-state index in [4.69, 9.17) is 4.74 Å². The summed E-state index contributed by atoms with van der Waals surface area (Å²) in [5.74, 6) is -0.147. The first-order chi connectivity index (χ1) is 11.6. The second kappa shape index (κ2) is 6.87. The van der Waals surface area contributed by atoms with Crippen molar-refractivity contribution in [2.24, 2.45) is 5.92 Å². The van der Waals surface area contributed by atoms with Gasteiger partial charge in [0, 0.05) is 12.1 Å². The number of nitrogens with zero attached hydrogens (tertiary/aromatic N) is 1. The minimum Gasteiger partial charge on any atom is -0.444 e. The van der Waals surface area contributed by atoms with Crippen molar-refractivity contribution in [2.45, 2.75) is 26.4 Å². The van der Waals surface area contributed by atoms with Crippen molar-refractivity contribution in [3.63, 3.8) is 0 Å². The number of amides is 1. The molecule has 0 N–H and O–H groups in total. The average Bonchev–Trinajstić information content (AvgIpc) is 2.86. The Balaban J connectivity index is 1.83. The zero-order valence-electron chi connectivity index (χ0n) is 13.9. The molecule has 2 aromatic rings. The summed E-state index contributed by atoms with van der Waals surface area (Å²) in [6, 6.07) is 16.3. The summed E-state index contributed by atoms with van der Waals surface area (Å²) >= 11 is 0. The number of benzene rings is 2. The van der Waals surface area contributed by atoms with Gasteiger partial charge in [-0.25, -0.2) is 4.79 Å². The van der Waals surface area contributed by atoms with Crippen molar-refractivity contribution in [3.05, 3.63) is 65.7 Å². The monoisotopic (exact) mass is 323 g/mol. The highest BCUT2D eigenvalue weighted by atomic mass is 16.5. The molecule has 2 aromatic carbocycles. The van der Waals surface area contributed by atoms with Crippen LogP contribution in [0.15, 0.2) is 54.6 Å². The maximum absolute atomic E-state index is 12.8. The lowest BCUT2D eigenvalue weighted by Gasteiger charge is -2.19. The molecule has 0 aromatic heterocycles. The SMILES string of the molecule is CC(C)CCN1C(=O)C(OC(=O)c2ccccc2)c2ccccc21. The minimum atomic E-state index is -0.860. The van der Waals surface area contributed by atoms with Gasteiger partial charge in [0.1, 0.15) is 0 Å². The van der Waals surface area contributed by atoms with E-state index in [9.17, 15) is 9.59 Å². The molecule has 0 fully saturated rings. The van der Waals surface area contributed by atoms with Gasteiger partial charge in [-0.1, -0.05) is 50.2 Å². The lowest BCUT2D eigenvalue weighted by Crippen LogP contribution is -2.32. The predicted octanol–water partition coefficient (Wildman–Crippen LogP) is 3.98. The lowest BCUT2D eigenvalue weighted by atomic mass is 10.1. The average molecular weight is 323 g/mol. The van der Waals surface area contributed by atoms with Gasteiger partial charge in [-0.05, 0) is 30.5 Å². The molecule has 1 aliphatic rings. The third-order valence-electron chi connectivity index (χ3n) is 4.16. The van der Waals surface area contributed by atoms with Crippen LogP contribution in [0.3, 0.4) is 0 Å². The molecule has 1 heterocycles.